The van der Waals surface area contributed by atoms with Crippen LogP contribution in [0.5, 0.6) is 0 Å². The fourth-order valence-corrected chi connectivity index (χ4v) is 1.52. The van der Waals surface area contributed by atoms with Crippen molar-refractivity contribution in [2.45, 2.75) is 20.1 Å². The molecule has 0 aliphatic rings. The first-order chi connectivity index (χ1) is 7.27. The van der Waals surface area contributed by atoms with E-state index in [-0.39, 0.29) is 0 Å². The molecule has 4 nitrogen and oxygen atoms in total. The molecule has 0 bridgehead atoms. The molecule has 1 aromatic rings. The molecule has 0 amide bonds. The second kappa shape index (κ2) is 6.45. The van der Waals surface area contributed by atoms with Crippen LogP contribution in [0.3, 0.4) is 0 Å². The molecule has 0 N–H and O–H groups in total. The van der Waals surface area contributed by atoms with Crippen LogP contribution < -0.4 is 0 Å². The van der Waals surface area contributed by atoms with Crippen LogP contribution in [-0.2, 0) is 17.9 Å². The van der Waals surface area contributed by atoms with Gasteiger partial charge >= 0.3 is 0 Å². The quantitative estimate of drug-likeness (QED) is 0.456. The molecule has 1 rings (SSSR count). The third-order valence-corrected chi connectivity index (χ3v) is 2.66. The SMILES string of the molecule is CCOCc1cc(CN=[N+]=[N-])ccc1Br. The fourth-order valence-electron chi connectivity index (χ4n) is 1.16. The summed E-state index contributed by atoms with van der Waals surface area (Å²) in [6.45, 7) is 3.59. The van der Waals surface area contributed by atoms with Gasteiger partial charge in [-0.05, 0) is 29.6 Å². The van der Waals surface area contributed by atoms with Gasteiger partial charge in [0, 0.05) is 16.0 Å². The van der Waals surface area contributed by atoms with Crippen molar-refractivity contribution in [3.05, 3.63) is 44.2 Å². The lowest BCUT2D eigenvalue weighted by atomic mass is 10.1. The maximum absolute atomic E-state index is 8.22. The van der Waals surface area contributed by atoms with Crippen LogP contribution in [0.2, 0.25) is 0 Å². The van der Waals surface area contributed by atoms with Gasteiger partial charge < -0.3 is 4.74 Å². The van der Waals surface area contributed by atoms with E-state index >= 15 is 0 Å². The Labute approximate surface area is 97.0 Å². The molecule has 0 atom stereocenters. The van der Waals surface area contributed by atoms with Gasteiger partial charge in [0.2, 0.25) is 0 Å². The number of nitrogens with zero attached hydrogens (tertiary/aromatic N) is 3. The number of benzene rings is 1. The van der Waals surface area contributed by atoms with Crippen LogP contribution in [0.25, 0.3) is 10.4 Å². The monoisotopic (exact) mass is 269 g/mol. The highest BCUT2D eigenvalue weighted by Gasteiger charge is 2.01. The normalized spacial score (nSPS) is 9.73. The Morgan fingerprint density at radius 3 is 3.00 bits per heavy atom. The summed E-state index contributed by atoms with van der Waals surface area (Å²) in [6, 6.07) is 5.85. The Morgan fingerprint density at radius 2 is 2.33 bits per heavy atom. The van der Waals surface area contributed by atoms with Gasteiger partial charge in [-0.3, -0.25) is 0 Å². The van der Waals surface area contributed by atoms with E-state index in [9.17, 15) is 0 Å². The Balaban J connectivity index is 2.79. The predicted molar refractivity (Wildman–Crippen MR) is 62.3 cm³/mol. The summed E-state index contributed by atoms with van der Waals surface area (Å²) in [5, 5.41) is 3.52. The fraction of sp³-hybridized carbons (Fsp3) is 0.400. The topological polar surface area (TPSA) is 58.0 Å². The first-order valence-electron chi connectivity index (χ1n) is 4.63. The molecule has 0 saturated carbocycles. The molecule has 0 saturated heterocycles. The number of halogens is 1. The van der Waals surface area contributed by atoms with Crippen molar-refractivity contribution in [3.63, 3.8) is 0 Å². The maximum Gasteiger partial charge on any atom is 0.0727 e. The second-order valence-electron chi connectivity index (χ2n) is 2.95. The molecule has 0 radical (unpaired) electrons. The van der Waals surface area contributed by atoms with Crippen LogP contribution in [0.1, 0.15) is 18.1 Å². The Morgan fingerprint density at radius 1 is 1.53 bits per heavy atom. The summed E-state index contributed by atoms with van der Waals surface area (Å²) < 4.78 is 6.34. The van der Waals surface area contributed by atoms with Gasteiger partial charge in [-0.2, -0.15) is 0 Å². The number of rotatable bonds is 5. The zero-order valence-electron chi connectivity index (χ0n) is 8.48. The Kier molecular flexibility index (Phi) is 5.18. The third kappa shape index (κ3) is 3.91. The second-order valence-corrected chi connectivity index (χ2v) is 3.81. The minimum atomic E-state index is 0.378. The van der Waals surface area contributed by atoms with E-state index in [0.717, 1.165) is 15.6 Å². The van der Waals surface area contributed by atoms with Gasteiger partial charge in [0.25, 0.3) is 0 Å². The molecule has 0 heterocycles. The molecule has 15 heavy (non-hydrogen) atoms. The number of hydrogen-bond acceptors (Lipinski definition) is 2. The number of azide groups is 1. The summed E-state index contributed by atoms with van der Waals surface area (Å²) in [4.78, 5) is 2.73. The molecule has 0 unspecified atom stereocenters. The molecule has 80 valence electrons. The van der Waals surface area contributed by atoms with Crippen LogP contribution >= 0.6 is 15.9 Å². The first-order valence-corrected chi connectivity index (χ1v) is 5.43. The van der Waals surface area contributed by atoms with Crippen LogP contribution in [0, 0.1) is 0 Å². The van der Waals surface area contributed by atoms with Gasteiger partial charge in [0.05, 0.1) is 13.2 Å². The van der Waals surface area contributed by atoms with Crippen molar-refractivity contribution >= 4 is 15.9 Å². The zero-order valence-corrected chi connectivity index (χ0v) is 10.1. The van der Waals surface area contributed by atoms with E-state index in [1.807, 2.05) is 25.1 Å². The lowest BCUT2D eigenvalue weighted by molar-refractivity contribution is 0.133. The van der Waals surface area contributed by atoms with Gasteiger partial charge in [-0.25, -0.2) is 0 Å². The highest BCUT2D eigenvalue weighted by atomic mass is 79.9. The molecule has 0 fully saturated rings. The molecule has 1 aromatic carbocycles. The van der Waals surface area contributed by atoms with E-state index < -0.39 is 0 Å². The molecule has 0 spiro atoms. The van der Waals surface area contributed by atoms with E-state index in [0.29, 0.717) is 19.8 Å². The number of hydrogen-bond donors (Lipinski definition) is 0. The van der Waals surface area contributed by atoms with E-state index in [4.69, 9.17) is 10.3 Å². The zero-order chi connectivity index (χ0) is 11.1. The van der Waals surface area contributed by atoms with Gasteiger partial charge in [-0.1, -0.05) is 33.2 Å². The molecular weight excluding hydrogens is 258 g/mol. The van der Waals surface area contributed by atoms with E-state index in [2.05, 4.69) is 26.0 Å². The summed E-state index contributed by atoms with van der Waals surface area (Å²) in [7, 11) is 0. The van der Waals surface area contributed by atoms with Crippen molar-refractivity contribution in [3.8, 4) is 0 Å². The van der Waals surface area contributed by atoms with Gasteiger partial charge in [0.1, 0.15) is 0 Å². The first kappa shape index (κ1) is 12.0. The molecular formula is C10H12BrN3O. The molecule has 0 aliphatic carbocycles. The average Bonchev–Trinajstić information content (AvgIpc) is 2.26. The average molecular weight is 270 g/mol. The Bertz CT molecular complexity index is 375. The van der Waals surface area contributed by atoms with E-state index in [1.54, 1.807) is 0 Å². The van der Waals surface area contributed by atoms with Gasteiger partial charge in [-0.15, -0.1) is 0 Å². The lowest BCUT2D eigenvalue weighted by Gasteiger charge is -2.06. The van der Waals surface area contributed by atoms with Crippen LogP contribution in [0.15, 0.2) is 27.8 Å². The van der Waals surface area contributed by atoms with Crippen molar-refractivity contribution in [2.75, 3.05) is 6.61 Å². The van der Waals surface area contributed by atoms with Crippen LogP contribution in [-0.4, -0.2) is 6.61 Å². The minimum Gasteiger partial charge on any atom is -0.377 e. The standard InChI is InChI=1S/C10H12BrN3O/c1-2-15-7-9-5-8(6-13-14-12)3-4-10(9)11/h3-5H,2,6-7H2,1H3. The minimum absolute atomic E-state index is 0.378. The highest BCUT2D eigenvalue weighted by molar-refractivity contribution is 9.10. The maximum atomic E-state index is 8.22. The van der Waals surface area contributed by atoms with E-state index in [1.165, 1.54) is 0 Å². The number of ether oxygens (including phenoxy) is 1. The Hall–Kier alpha value is -1.03. The summed E-state index contributed by atoms with van der Waals surface area (Å²) in [5.74, 6) is 0. The van der Waals surface area contributed by atoms with Crippen molar-refractivity contribution in [2.24, 2.45) is 5.11 Å². The summed E-state index contributed by atoms with van der Waals surface area (Å²) in [5.41, 5.74) is 10.3. The lowest BCUT2D eigenvalue weighted by Crippen LogP contribution is -1.94. The van der Waals surface area contributed by atoms with Crippen LogP contribution in [0.4, 0.5) is 0 Å². The van der Waals surface area contributed by atoms with Gasteiger partial charge in [0.15, 0.2) is 0 Å². The third-order valence-electron chi connectivity index (χ3n) is 1.89. The van der Waals surface area contributed by atoms with Crippen molar-refractivity contribution in [1.82, 2.24) is 0 Å². The van der Waals surface area contributed by atoms with Crippen molar-refractivity contribution in [1.29, 1.82) is 0 Å². The van der Waals surface area contributed by atoms with Crippen molar-refractivity contribution < 1.29 is 4.74 Å². The molecule has 0 aliphatic heterocycles. The summed E-state index contributed by atoms with van der Waals surface area (Å²) in [6.07, 6.45) is 0. The largest absolute Gasteiger partial charge is 0.377 e. The summed E-state index contributed by atoms with van der Waals surface area (Å²) >= 11 is 3.45. The predicted octanol–water partition coefficient (Wildman–Crippen LogP) is 3.80. The smallest absolute Gasteiger partial charge is 0.0727 e. The molecule has 0 aromatic heterocycles. The molecule has 5 heteroatoms. The highest BCUT2D eigenvalue weighted by Crippen LogP contribution is 2.19.